The van der Waals surface area contributed by atoms with E-state index in [1.807, 2.05) is 0 Å². The smallest absolute Gasteiger partial charge is 0.317 e. The maximum Gasteiger partial charge on any atom is 0.317 e. The minimum Gasteiger partial charge on any atom is -0.480 e. The lowest BCUT2D eigenvalue weighted by Gasteiger charge is -2.27. The minimum atomic E-state index is -1.25. The van der Waals surface area contributed by atoms with Gasteiger partial charge in [0, 0.05) is 51.4 Å². The number of nitrogens with one attached hydrogen (secondary N) is 1. The molecule has 0 radical (unpaired) electrons. The monoisotopic (exact) mass is 529 g/mol. The van der Waals surface area contributed by atoms with Crippen LogP contribution in [0, 0.1) is 0 Å². The van der Waals surface area contributed by atoms with Crippen LogP contribution in [0.25, 0.3) is 0 Å². The highest BCUT2D eigenvalue weighted by atomic mass is 16.4. The number of carboxylic acids is 4. The van der Waals surface area contributed by atoms with Crippen LogP contribution >= 0.6 is 0 Å². The Hall–Kier alpha value is -3.89. The van der Waals surface area contributed by atoms with E-state index in [4.69, 9.17) is 20.4 Å². The molecule has 16 heteroatoms. The average molecular weight is 530 g/mol. The summed E-state index contributed by atoms with van der Waals surface area (Å²) in [6.07, 6.45) is 2.59. The summed E-state index contributed by atoms with van der Waals surface area (Å²) in [5.41, 5.74) is 0. The summed E-state index contributed by atoms with van der Waals surface area (Å²) < 4.78 is 0. The van der Waals surface area contributed by atoms with Crippen molar-refractivity contribution in [2.75, 3.05) is 72.0 Å². The Morgan fingerprint density at radius 1 is 0.649 bits per heavy atom. The van der Waals surface area contributed by atoms with E-state index in [0.29, 0.717) is 6.42 Å². The molecule has 0 aromatic rings. The molecule has 37 heavy (non-hydrogen) atoms. The van der Waals surface area contributed by atoms with Gasteiger partial charge in [-0.15, -0.1) is 0 Å². The van der Waals surface area contributed by atoms with E-state index >= 15 is 0 Å². The topological polar surface area (TPSA) is 225 Å². The molecule has 5 N–H and O–H groups in total. The molecule has 0 fully saturated rings. The largest absolute Gasteiger partial charge is 0.480 e. The van der Waals surface area contributed by atoms with Crippen LogP contribution in [0.3, 0.4) is 0 Å². The number of hydrogen-bond acceptors (Lipinski definition) is 10. The third kappa shape index (κ3) is 13.7. The van der Waals surface area contributed by atoms with Crippen LogP contribution in [0.1, 0.15) is 6.42 Å². The normalized spacial score (nSPS) is 13.1. The third-order valence-corrected chi connectivity index (χ3v) is 5.05. The quantitative estimate of drug-likeness (QED) is 0.0768. The Balaban J connectivity index is 2.59. The van der Waals surface area contributed by atoms with E-state index in [9.17, 15) is 33.6 Å². The fourth-order valence-electron chi connectivity index (χ4n) is 3.40. The number of rotatable bonds is 20. The molecule has 0 unspecified atom stereocenters. The maximum atomic E-state index is 12.3. The van der Waals surface area contributed by atoms with Crippen LogP contribution in [0.2, 0.25) is 0 Å². The molecule has 3 amide bonds. The summed E-state index contributed by atoms with van der Waals surface area (Å²) in [5, 5.41) is 38.8. The van der Waals surface area contributed by atoms with Gasteiger partial charge in [0.05, 0.1) is 32.7 Å². The molecule has 0 aromatic heterocycles. The molecular formula is C21H31N5O11. The first kappa shape index (κ1) is 31.1. The Bertz CT molecular complexity index is 873. The average Bonchev–Trinajstić information content (AvgIpc) is 3.08. The molecule has 0 saturated carbocycles. The van der Waals surface area contributed by atoms with Crippen LogP contribution < -0.4 is 5.32 Å². The van der Waals surface area contributed by atoms with Gasteiger partial charge in [-0.05, 0) is 6.42 Å². The molecule has 206 valence electrons. The second-order valence-corrected chi connectivity index (χ2v) is 8.14. The zero-order valence-electron chi connectivity index (χ0n) is 20.1. The van der Waals surface area contributed by atoms with Crippen LogP contribution in [0.5, 0.6) is 0 Å². The van der Waals surface area contributed by atoms with E-state index in [1.165, 1.54) is 9.80 Å². The lowest BCUT2D eigenvalue weighted by Crippen LogP contribution is -2.46. The summed E-state index contributed by atoms with van der Waals surface area (Å²) in [7, 11) is 0. The number of amides is 3. The predicted octanol–water partition coefficient (Wildman–Crippen LogP) is -3.34. The number of carbonyl (C=O) groups is 7. The van der Waals surface area contributed by atoms with Gasteiger partial charge in [0.15, 0.2) is 0 Å². The zero-order chi connectivity index (χ0) is 28.0. The predicted molar refractivity (Wildman–Crippen MR) is 123 cm³/mol. The molecule has 0 atom stereocenters. The molecule has 0 spiro atoms. The Morgan fingerprint density at radius 2 is 1.03 bits per heavy atom. The van der Waals surface area contributed by atoms with Crippen molar-refractivity contribution in [3.63, 3.8) is 0 Å². The number of carboxylic acid groups (broad SMARTS) is 4. The van der Waals surface area contributed by atoms with Gasteiger partial charge in [-0.2, -0.15) is 0 Å². The van der Waals surface area contributed by atoms with Crippen LogP contribution in [-0.4, -0.2) is 154 Å². The molecule has 0 saturated heterocycles. The van der Waals surface area contributed by atoms with Gasteiger partial charge in [0.2, 0.25) is 5.91 Å². The summed E-state index contributed by atoms with van der Waals surface area (Å²) in [6, 6.07) is 0. The number of imide groups is 1. The Morgan fingerprint density at radius 3 is 1.46 bits per heavy atom. The van der Waals surface area contributed by atoms with E-state index in [2.05, 4.69) is 5.32 Å². The van der Waals surface area contributed by atoms with Crippen molar-refractivity contribution in [3.05, 3.63) is 12.2 Å². The summed E-state index contributed by atoms with van der Waals surface area (Å²) in [6.45, 7) is -2.28. The van der Waals surface area contributed by atoms with Crippen molar-refractivity contribution in [2.24, 2.45) is 0 Å². The standard InChI is InChI=1S/C21H31N5O11/c27-15(22-4-1-5-26-16(28)2-3-17(26)29)10-24(12-19(32)33)8-6-23(11-18(30)31)7-9-25(13-20(34)35)14-21(36)37/h2-3H,1,4-14H2,(H,22,27)(H,30,31)(H,32,33)(H,34,35)(H,36,37). The fourth-order valence-corrected chi connectivity index (χ4v) is 3.40. The Kier molecular flexibility index (Phi) is 13.4. The van der Waals surface area contributed by atoms with Crippen LogP contribution in [0.15, 0.2) is 12.2 Å². The minimum absolute atomic E-state index is 0.00697. The lowest BCUT2D eigenvalue weighted by atomic mass is 10.3. The van der Waals surface area contributed by atoms with Gasteiger partial charge in [0.1, 0.15) is 0 Å². The number of hydrogen-bond donors (Lipinski definition) is 5. The Labute approximate surface area is 211 Å². The lowest BCUT2D eigenvalue weighted by molar-refractivity contribution is -0.143. The second-order valence-electron chi connectivity index (χ2n) is 8.14. The van der Waals surface area contributed by atoms with Gasteiger partial charge in [-0.1, -0.05) is 0 Å². The molecule has 16 nitrogen and oxygen atoms in total. The van der Waals surface area contributed by atoms with Crippen molar-refractivity contribution in [2.45, 2.75) is 6.42 Å². The molecular weight excluding hydrogens is 498 g/mol. The third-order valence-electron chi connectivity index (χ3n) is 5.05. The van der Waals surface area contributed by atoms with Crippen molar-refractivity contribution in [1.29, 1.82) is 0 Å². The van der Waals surface area contributed by atoms with Crippen molar-refractivity contribution in [1.82, 2.24) is 24.9 Å². The van der Waals surface area contributed by atoms with Gasteiger partial charge in [0.25, 0.3) is 11.8 Å². The zero-order valence-corrected chi connectivity index (χ0v) is 20.1. The van der Waals surface area contributed by atoms with Crippen molar-refractivity contribution < 1.29 is 54.0 Å². The van der Waals surface area contributed by atoms with Gasteiger partial charge >= 0.3 is 23.9 Å². The molecule has 1 aliphatic rings. The summed E-state index contributed by atoms with van der Waals surface area (Å²) >= 11 is 0. The van der Waals surface area contributed by atoms with Gasteiger partial charge in [-0.3, -0.25) is 53.2 Å². The van der Waals surface area contributed by atoms with Crippen LogP contribution in [0.4, 0.5) is 0 Å². The van der Waals surface area contributed by atoms with Crippen LogP contribution in [-0.2, 0) is 33.6 Å². The highest BCUT2D eigenvalue weighted by Crippen LogP contribution is 2.03. The summed E-state index contributed by atoms with van der Waals surface area (Å²) in [5.74, 6) is -6.31. The van der Waals surface area contributed by atoms with E-state index < -0.39 is 67.8 Å². The maximum absolute atomic E-state index is 12.3. The highest BCUT2D eigenvalue weighted by molar-refractivity contribution is 6.12. The van der Waals surface area contributed by atoms with E-state index in [1.54, 1.807) is 0 Å². The molecule has 1 heterocycles. The number of aliphatic carboxylic acids is 4. The van der Waals surface area contributed by atoms with E-state index in [-0.39, 0.29) is 45.8 Å². The first-order valence-corrected chi connectivity index (χ1v) is 11.2. The SMILES string of the molecule is O=C(O)CN(CCN(CC(=O)O)CC(=O)O)CCN(CC(=O)O)CC(=O)NCCCN1C(=O)C=CC1=O. The van der Waals surface area contributed by atoms with Gasteiger partial charge in [-0.25, -0.2) is 0 Å². The first-order chi connectivity index (χ1) is 17.4. The van der Waals surface area contributed by atoms with E-state index in [0.717, 1.165) is 22.0 Å². The van der Waals surface area contributed by atoms with Gasteiger partial charge < -0.3 is 25.7 Å². The van der Waals surface area contributed by atoms with Crippen molar-refractivity contribution >= 4 is 41.6 Å². The number of carbonyl (C=O) groups excluding carboxylic acids is 3. The van der Waals surface area contributed by atoms with Crippen molar-refractivity contribution in [3.8, 4) is 0 Å². The second kappa shape index (κ2) is 16.0. The molecule has 0 bridgehead atoms. The first-order valence-electron chi connectivity index (χ1n) is 11.2. The highest BCUT2D eigenvalue weighted by Gasteiger charge is 2.23. The molecule has 0 aromatic carbocycles. The summed E-state index contributed by atoms with van der Waals surface area (Å²) in [4.78, 5) is 84.4. The molecule has 1 rings (SSSR count). The molecule has 0 aliphatic carbocycles. The molecule has 1 aliphatic heterocycles. The number of nitrogens with zero attached hydrogens (tertiary/aromatic N) is 4. The fraction of sp³-hybridized carbons (Fsp3) is 0.571.